The zero-order chi connectivity index (χ0) is 13.0. The van der Waals surface area contributed by atoms with Gasteiger partial charge in [0.1, 0.15) is 4.90 Å². The molecule has 0 unspecified atom stereocenters. The fourth-order valence-electron chi connectivity index (χ4n) is 1.81. The Bertz CT molecular complexity index is 498. The van der Waals surface area contributed by atoms with Crippen LogP contribution in [0.4, 0.5) is 5.69 Å². The summed E-state index contributed by atoms with van der Waals surface area (Å²) in [4.78, 5) is 4.15. The largest absolute Gasteiger partial charge is 0.384 e. The summed E-state index contributed by atoms with van der Waals surface area (Å²) in [7, 11) is -3.46. The molecule has 0 spiro atoms. The van der Waals surface area contributed by atoms with E-state index in [0.29, 0.717) is 5.69 Å². The van der Waals surface area contributed by atoms with E-state index in [1.165, 1.54) is 6.20 Å². The van der Waals surface area contributed by atoms with Crippen molar-refractivity contribution in [1.29, 1.82) is 0 Å². The zero-order valence-corrected chi connectivity index (χ0v) is 11.3. The van der Waals surface area contributed by atoms with Crippen LogP contribution in [0.25, 0.3) is 0 Å². The molecule has 2 N–H and O–H groups in total. The SMILES string of the molecule is CCCNc1ccncc1S(=O)(=O)NC1CCC1. The summed E-state index contributed by atoms with van der Waals surface area (Å²) in [5.74, 6) is 0. The molecule has 1 heterocycles. The Morgan fingerprint density at radius 2 is 2.22 bits per heavy atom. The monoisotopic (exact) mass is 269 g/mol. The van der Waals surface area contributed by atoms with Crippen LogP contribution in [0, 0.1) is 0 Å². The molecule has 100 valence electrons. The number of nitrogens with zero attached hydrogens (tertiary/aromatic N) is 1. The van der Waals surface area contributed by atoms with Crippen LogP contribution in [0.2, 0.25) is 0 Å². The molecule has 1 aliphatic rings. The molecular weight excluding hydrogens is 250 g/mol. The summed E-state index contributed by atoms with van der Waals surface area (Å²) < 4.78 is 27.2. The number of pyridine rings is 1. The third-order valence-corrected chi connectivity index (χ3v) is 4.61. The normalized spacial score (nSPS) is 16.3. The lowest BCUT2D eigenvalue weighted by Gasteiger charge is -2.26. The van der Waals surface area contributed by atoms with Gasteiger partial charge in [0, 0.05) is 25.0 Å². The number of anilines is 1. The topological polar surface area (TPSA) is 71.1 Å². The van der Waals surface area contributed by atoms with Crippen molar-refractivity contribution in [3.05, 3.63) is 18.5 Å². The number of nitrogens with one attached hydrogen (secondary N) is 2. The third-order valence-electron chi connectivity index (χ3n) is 3.07. The van der Waals surface area contributed by atoms with Gasteiger partial charge in [0.25, 0.3) is 0 Å². The Morgan fingerprint density at radius 3 is 2.83 bits per heavy atom. The molecule has 18 heavy (non-hydrogen) atoms. The number of hydrogen-bond donors (Lipinski definition) is 2. The van der Waals surface area contributed by atoms with Crippen molar-refractivity contribution in [2.24, 2.45) is 0 Å². The van der Waals surface area contributed by atoms with Gasteiger partial charge < -0.3 is 5.32 Å². The highest BCUT2D eigenvalue weighted by atomic mass is 32.2. The van der Waals surface area contributed by atoms with Gasteiger partial charge in [-0.2, -0.15) is 0 Å². The average molecular weight is 269 g/mol. The van der Waals surface area contributed by atoms with Crippen LogP contribution in [0.5, 0.6) is 0 Å². The highest BCUT2D eigenvalue weighted by Gasteiger charge is 2.26. The number of hydrogen-bond acceptors (Lipinski definition) is 4. The highest BCUT2D eigenvalue weighted by molar-refractivity contribution is 7.89. The van der Waals surface area contributed by atoms with E-state index >= 15 is 0 Å². The second kappa shape index (κ2) is 5.67. The zero-order valence-electron chi connectivity index (χ0n) is 10.5. The van der Waals surface area contributed by atoms with Gasteiger partial charge in [-0.3, -0.25) is 4.98 Å². The van der Waals surface area contributed by atoms with Crippen molar-refractivity contribution < 1.29 is 8.42 Å². The molecule has 1 aromatic heterocycles. The molecule has 0 aromatic carbocycles. The maximum Gasteiger partial charge on any atom is 0.244 e. The minimum absolute atomic E-state index is 0.0919. The molecule has 1 aromatic rings. The molecule has 0 radical (unpaired) electrons. The molecule has 2 rings (SSSR count). The van der Waals surface area contributed by atoms with Gasteiger partial charge in [0.05, 0.1) is 5.69 Å². The second-order valence-electron chi connectivity index (χ2n) is 4.55. The van der Waals surface area contributed by atoms with Crippen LogP contribution in [0.1, 0.15) is 32.6 Å². The van der Waals surface area contributed by atoms with E-state index in [2.05, 4.69) is 15.0 Å². The van der Waals surface area contributed by atoms with Crippen molar-refractivity contribution in [3.8, 4) is 0 Å². The molecule has 0 amide bonds. The minimum atomic E-state index is -3.46. The molecule has 6 heteroatoms. The van der Waals surface area contributed by atoms with Crippen LogP contribution in [0.15, 0.2) is 23.4 Å². The Kier molecular flexibility index (Phi) is 4.19. The van der Waals surface area contributed by atoms with Gasteiger partial charge in [0.2, 0.25) is 10.0 Å². The fraction of sp³-hybridized carbons (Fsp3) is 0.583. The van der Waals surface area contributed by atoms with E-state index in [1.807, 2.05) is 6.92 Å². The van der Waals surface area contributed by atoms with Crippen molar-refractivity contribution >= 4 is 15.7 Å². The number of sulfonamides is 1. The van der Waals surface area contributed by atoms with Gasteiger partial charge in [0.15, 0.2) is 0 Å². The molecule has 0 atom stereocenters. The van der Waals surface area contributed by atoms with Crippen LogP contribution in [-0.2, 0) is 10.0 Å². The highest BCUT2D eigenvalue weighted by Crippen LogP contribution is 2.24. The Hall–Kier alpha value is -1.14. The van der Waals surface area contributed by atoms with Gasteiger partial charge in [-0.25, -0.2) is 13.1 Å². The maximum atomic E-state index is 12.2. The number of aromatic nitrogens is 1. The lowest BCUT2D eigenvalue weighted by atomic mass is 9.94. The van der Waals surface area contributed by atoms with Crippen LogP contribution in [-0.4, -0.2) is 26.0 Å². The predicted octanol–water partition coefficient (Wildman–Crippen LogP) is 1.73. The van der Waals surface area contributed by atoms with E-state index in [0.717, 1.165) is 32.2 Å². The Morgan fingerprint density at radius 1 is 1.44 bits per heavy atom. The van der Waals surface area contributed by atoms with E-state index < -0.39 is 10.0 Å². The first-order valence-electron chi connectivity index (χ1n) is 6.33. The molecule has 1 fully saturated rings. The van der Waals surface area contributed by atoms with Gasteiger partial charge >= 0.3 is 0 Å². The van der Waals surface area contributed by atoms with E-state index in [4.69, 9.17) is 0 Å². The first-order valence-corrected chi connectivity index (χ1v) is 7.82. The molecule has 0 aliphatic heterocycles. The van der Waals surface area contributed by atoms with Crippen molar-refractivity contribution in [3.63, 3.8) is 0 Å². The summed E-state index contributed by atoms with van der Waals surface area (Å²) in [6.45, 7) is 2.78. The quantitative estimate of drug-likeness (QED) is 0.825. The Labute approximate surface area is 108 Å². The molecule has 0 saturated heterocycles. The average Bonchev–Trinajstić information content (AvgIpc) is 2.32. The molecule has 1 aliphatic carbocycles. The lowest BCUT2D eigenvalue weighted by molar-refractivity contribution is 0.383. The smallest absolute Gasteiger partial charge is 0.244 e. The molecule has 0 bridgehead atoms. The summed E-state index contributed by atoms with van der Waals surface area (Å²) in [6, 6.07) is 1.79. The van der Waals surface area contributed by atoms with Crippen molar-refractivity contribution in [2.75, 3.05) is 11.9 Å². The van der Waals surface area contributed by atoms with Crippen molar-refractivity contribution in [2.45, 2.75) is 43.5 Å². The van der Waals surface area contributed by atoms with E-state index in [1.54, 1.807) is 12.3 Å². The van der Waals surface area contributed by atoms with E-state index in [-0.39, 0.29) is 10.9 Å². The van der Waals surface area contributed by atoms with Crippen LogP contribution < -0.4 is 10.0 Å². The number of rotatable bonds is 6. The first-order chi connectivity index (χ1) is 8.63. The summed E-state index contributed by atoms with van der Waals surface area (Å²) in [5.41, 5.74) is 0.624. The van der Waals surface area contributed by atoms with Gasteiger partial charge in [-0.1, -0.05) is 13.3 Å². The van der Waals surface area contributed by atoms with Crippen LogP contribution >= 0.6 is 0 Å². The summed E-state index contributed by atoms with van der Waals surface area (Å²) in [6.07, 6.45) is 6.90. The summed E-state index contributed by atoms with van der Waals surface area (Å²) >= 11 is 0. The minimum Gasteiger partial charge on any atom is -0.384 e. The fourth-order valence-corrected chi connectivity index (χ4v) is 3.24. The van der Waals surface area contributed by atoms with E-state index in [9.17, 15) is 8.42 Å². The molecule has 1 saturated carbocycles. The maximum absolute atomic E-state index is 12.2. The van der Waals surface area contributed by atoms with Gasteiger partial charge in [-0.15, -0.1) is 0 Å². The third kappa shape index (κ3) is 3.00. The molecular formula is C12H19N3O2S. The van der Waals surface area contributed by atoms with Crippen LogP contribution in [0.3, 0.4) is 0 Å². The first kappa shape index (κ1) is 13.3. The lowest BCUT2D eigenvalue weighted by Crippen LogP contribution is -2.39. The Balaban J connectivity index is 2.19. The second-order valence-corrected chi connectivity index (χ2v) is 6.23. The summed E-state index contributed by atoms with van der Waals surface area (Å²) in [5, 5.41) is 3.12. The van der Waals surface area contributed by atoms with Gasteiger partial charge in [-0.05, 0) is 25.3 Å². The van der Waals surface area contributed by atoms with Crippen molar-refractivity contribution in [1.82, 2.24) is 9.71 Å². The standard InChI is InChI=1S/C12H19N3O2S/c1-2-7-14-11-6-8-13-9-12(11)18(16,17)15-10-4-3-5-10/h6,8-10,15H,2-5,7H2,1H3,(H,13,14). The predicted molar refractivity (Wildman–Crippen MR) is 71.0 cm³/mol. The molecule has 5 nitrogen and oxygen atoms in total.